The lowest BCUT2D eigenvalue weighted by Gasteiger charge is -2.37. The molecule has 1 saturated heterocycles. The van der Waals surface area contributed by atoms with E-state index >= 15 is 0 Å². The molecule has 0 spiro atoms. The summed E-state index contributed by atoms with van der Waals surface area (Å²) in [4.78, 5) is 18.5. The molecule has 5 nitrogen and oxygen atoms in total. The summed E-state index contributed by atoms with van der Waals surface area (Å²) in [6.45, 7) is 2.71. The van der Waals surface area contributed by atoms with Gasteiger partial charge in [0.15, 0.2) is 17.4 Å². The largest absolute Gasteiger partial charge is 0.491 e. The summed E-state index contributed by atoms with van der Waals surface area (Å²) in [7, 11) is 1.04. The summed E-state index contributed by atoms with van der Waals surface area (Å²) in [6.07, 6.45) is 2.87. The van der Waals surface area contributed by atoms with Crippen molar-refractivity contribution in [3.05, 3.63) is 34.6 Å². The number of amides is 1. The number of nitrogens with zero attached hydrogens (tertiary/aromatic N) is 2. The maximum absolute atomic E-state index is 14.4. The van der Waals surface area contributed by atoms with E-state index in [0.29, 0.717) is 38.4 Å². The van der Waals surface area contributed by atoms with Gasteiger partial charge in [0.25, 0.3) is 5.91 Å². The number of benzene rings is 1. The number of aromatic nitrogens is 1. The minimum absolute atomic E-state index is 0.0510. The molecule has 1 N–H and O–H groups in total. The van der Waals surface area contributed by atoms with Gasteiger partial charge >= 0.3 is 0 Å². The molecule has 0 bridgehead atoms. The maximum atomic E-state index is 14.4. The first kappa shape index (κ1) is 19.6. The van der Waals surface area contributed by atoms with Gasteiger partial charge in [-0.2, -0.15) is 4.39 Å². The van der Waals surface area contributed by atoms with E-state index in [4.69, 9.17) is 0 Å². The summed E-state index contributed by atoms with van der Waals surface area (Å²) in [5, 5.41) is 10.3. The molecule has 9 heteroatoms. The Bertz CT molecular complexity index is 864. The summed E-state index contributed by atoms with van der Waals surface area (Å²) in [5.74, 6) is -4.87. The molecule has 0 atom stereocenters. The zero-order valence-corrected chi connectivity index (χ0v) is 15.7. The smallest absolute Gasteiger partial charge is 0.265 e. The molecule has 0 aliphatic carbocycles. The van der Waals surface area contributed by atoms with Crippen LogP contribution in [0.1, 0.15) is 35.9 Å². The van der Waals surface area contributed by atoms with Crippen molar-refractivity contribution in [3.8, 4) is 16.3 Å². The highest BCUT2D eigenvalue weighted by Crippen LogP contribution is 2.36. The Hall–Kier alpha value is -2.13. The van der Waals surface area contributed by atoms with E-state index in [1.807, 2.05) is 6.92 Å². The zero-order chi connectivity index (χ0) is 19.8. The molecule has 1 aliphatic rings. The maximum Gasteiger partial charge on any atom is 0.265 e. The van der Waals surface area contributed by atoms with Crippen LogP contribution in [-0.4, -0.2) is 46.7 Å². The van der Waals surface area contributed by atoms with Gasteiger partial charge in [0.1, 0.15) is 9.88 Å². The van der Waals surface area contributed by atoms with Crippen LogP contribution in [0.3, 0.4) is 0 Å². The van der Waals surface area contributed by atoms with Gasteiger partial charge in [-0.25, -0.2) is 13.8 Å². The number of methoxy groups -OCH3 is 1. The number of carbonyl (C=O) groups is 1. The highest BCUT2D eigenvalue weighted by molar-refractivity contribution is 7.16. The third-order valence-electron chi connectivity index (χ3n) is 4.91. The molecular formula is C18H19F3N2O3S. The standard InChI is InChI=1S/C18H19F3N2O3S/c1-3-18(25)4-6-23(7-5-18)17(24)12-9-22-16(27-12)10-8-11(19)14(21)15(26-2)13(10)20/h8-9,25H,3-7H2,1-2H3. The van der Waals surface area contributed by atoms with Gasteiger partial charge in [-0.3, -0.25) is 4.79 Å². The Morgan fingerprint density at radius 1 is 1.33 bits per heavy atom. The fourth-order valence-corrected chi connectivity index (χ4v) is 3.94. The van der Waals surface area contributed by atoms with E-state index in [1.54, 1.807) is 4.90 Å². The van der Waals surface area contributed by atoms with E-state index in [2.05, 4.69) is 9.72 Å². The number of piperidine rings is 1. The number of thiazole rings is 1. The van der Waals surface area contributed by atoms with Gasteiger partial charge < -0.3 is 14.7 Å². The van der Waals surface area contributed by atoms with E-state index in [1.165, 1.54) is 6.20 Å². The molecule has 0 saturated carbocycles. The highest BCUT2D eigenvalue weighted by atomic mass is 32.1. The lowest BCUT2D eigenvalue weighted by molar-refractivity contribution is -0.0192. The number of hydrogen-bond acceptors (Lipinski definition) is 5. The lowest BCUT2D eigenvalue weighted by Crippen LogP contribution is -2.46. The second kappa shape index (κ2) is 7.47. The third kappa shape index (κ3) is 3.66. The normalized spacial score (nSPS) is 16.4. The molecule has 0 unspecified atom stereocenters. The molecule has 2 aromatic rings. The minimum atomic E-state index is -1.41. The number of halogens is 3. The molecule has 1 aliphatic heterocycles. The quantitative estimate of drug-likeness (QED) is 0.797. The summed E-state index contributed by atoms with van der Waals surface area (Å²) in [5.41, 5.74) is -1.02. The second-order valence-corrected chi connectivity index (χ2v) is 7.50. The van der Waals surface area contributed by atoms with Crippen LogP contribution in [0.4, 0.5) is 13.2 Å². The zero-order valence-electron chi connectivity index (χ0n) is 14.9. The first-order valence-electron chi connectivity index (χ1n) is 8.49. The van der Waals surface area contributed by atoms with E-state index in [9.17, 15) is 23.1 Å². The van der Waals surface area contributed by atoms with Crippen LogP contribution in [-0.2, 0) is 0 Å². The SMILES string of the molecule is CCC1(O)CCN(C(=O)c2cnc(-c3cc(F)c(F)c(OC)c3F)s2)CC1. The number of rotatable bonds is 4. The van der Waals surface area contributed by atoms with Crippen LogP contribution in [0.25, 0.3) is 10.6 Å². The average Bonchev–Trinajstić information content (AvgIpc) is 3.15. The van der Waals surface area contributed by atoms with E-state index in [-0.39, 0.29) is 21.4 Å². The fraction of sp³-hybridized carbons (Fsp3) is 0.444. The summed E-state index contributed by atoms with van der Waals surface area (Å²) in [6, 6.07) is 0.697. The van der Waals surface area contributed by atoms with Crippen molar-refractivity contribution >= 4 is 17.2 Å². The molecule has 0 radical (unpaired) electrons. The number of likely N-dealkylation sites (tertiary alicyclic amines) is 1. The Labute approximate surface area is 158 Å². The van der Waals surface area contributed by atoms with Crippen molar-refractivity contribution in [2.45, 2.75) is 31.8 Å². The number of carbonyl (C=O) groups excluding carboxylic acids is 1. The monoisotopic (exact) mass is 400 g/mol. The number of ether oxygens (including phenoxy) is 1. The molecule has 3 rings (SSSR count). The predicted octanol–water partition coefficient (Wildman–Crippen LogP) is 3.61. The highest BCUT2D eigenvalue weighted by Gasteiger charge is 2.33. The summed E-state index contributed by atoms with van der Waals surface area (Å²) < 4.78 is 46.3. The topological polar surface area (TPSA) is 62.7 Å². The van der Waals surface area contributed by atoms with Crippen molar-refractivity contribution in [3.63, 3.8) is 0 Å². The first-order valence-corrected chi connectivity index (χ1v) is 9.30. The van der Waals surface area contributed by atoms with Gasteiger partial charge in [-0.1, -0.05) is 6.92 Å². The Morgan fingerprint density at radius 3 is 2.59 bits per heavy atom. The predicted molar refractivity (Wildman–Crippen MR) is 94.4 cm³/mol. The van der Waals surface area contributed by atoms with Crippen LogP contribution in [0.2, 0.25) is 0 Å². The minimum Gasteiger partial charge on any atom is -0.491 e. The number of hydrogen-bond donors (Lipinski definition) is 1. The van der Waals surface area contributed by atoms with Gasteiger partial charge in [-0.05, 0) is 25.3 Å². The molecule has 1 fully saturated rings. The van der Waals surface area contributed by atoms with Crippen molar-refractivity contribution in [1.82, 2.24) is 9.88 Å². The van der Waals surface area contributed by atoms with Gasteiger partial charge in [0.05, 0.1) is 24.5 Å². The second-order valence-electron chi connectivity index (χ2n) is 6.47. The van der Waals surface area contributed by atoms with Crippen LogP contribution >= 0.6 is 11.3 Å². The molecule has 1 amide bonds. The van der Waals surface area contributed by atoms with Crippen LogP contribution in [0.5, 0.6) is 5.75 Å². The summed E-state index contributed by atoms with van der Waals surface area (Å²) >= 11 is 0.892. The van der Waals surface area contributed by atoms with Gasteiger partial charge in [0, 0.05) is 13.1 Å². The average molecular weight is 400 g/mol. The van der Waals surface area contributed by atoms with Gasteiger partial charge in [0.2, 0.25) is 5.82 Å². The van der Waals surface area contributed by atoms with Crippen molar-refractivity contribution in [2.75, 3.05) is 20.2 Å². The van der Waals surface area contributed by atoms with Crippen molar-refractivity contribution in [2.24, 2.45) is 0 Å². The van der Waals surface area contributed by atoms with Gasteiger partial charge in [-0.15, -0.1) is 11.3 Å². The van der Waals surface area contributed by atoms with E-state index < -0.39 is 28.8 Å². The number of aliphatic hydroxyl groups is 1. The molecule has 2 heterocycles. The fourth-order valence-electron chi connectivity index (χ4n) is 3.05. The molecule has 1 aromatic heterocycles. The molecule has 146 valence electrons. The van der Waals surface area contributed by atoms with E-state index in [0.717, 1.165) is 18.4 Å². The van der Waals surface area contributed by atoms with Crippen LogP contribution in [0.15, 0.2) is 12.3 Å². The third-order valence-corrected chi connectivity index (χ3v) is 5.93. The Morgan fingerprint density at radius 2 is 2.00 bits per heavy atom. The Balaban J connectivity index is 1.84. The van der Waals surface area contributed by atoms with Crippen LogP contribution < -0.4 is 4.74 Å². The molecule has 27 heavy (non-hydrogen) atoms. The van der Waals surface area contributed by atoms with Crippen LogP contribution in [0, 0.1) is 17.5 Å². The molecule has 1 aromatic carbocycles. The Kier molecular flexibility index (Phi) is 5.43. The van der Waals surface area contributed by atoms with Crippen molar-refractivity contribution in [1.29, 1.82) is 0 Å². The first-order chi connectivity index (χ1) is 12.8. The molecular weight excluding hydrogens is 381 g/mol. The van der Waals surface area contributed by atoms with Crippen molar-refractivity contribution < 1.29 is 27.8 Å². The lowest BCUT2D eigenvalue weighted by atomic mass is 9.89.